The number of rotatable bonds is 9. The molecule has 198 valence electrons. The summed E-state index contributed by atoms with van der Waals surface area (Å²) in [6.07, 6.45) is -13.1. The number of benzene rings is 1. The summed E-state index contributed by atoms with van der Waals surface area (Å²) in [5.41, 5.74) is 0.755. The second-order valence-corrected chi connectivity index (χ2v) is 8.40. The van der Waals surface area contributed by atoms with Gasteiger partial charge in [-0.25, -0.2) is 0 Å². The summed E-state index contributed by atoms with van der Waals surface area (Å²) in [7, 11) is 1.54. The van der Waals surface area contributed by atoms with Gasteiger partial charge in [0.2, 0.25) is 5.91 Å². The summed E-state index contributed by atoms with van der Waals surface area (Å²) in [5, 5.41) is 63.1. The number of carbonyl (C=O) groups excluding carboxylic acids is 1. The second-order valence-electron chi connectivity index (χ2n) is 8.40. The van der Waals surface area contributed by atoms with Crippen molar-refractivity contribution < 1.29 is 59.1 Å². The molecule has 2 heterocycles. The normalized spacial score (nSPS) is 37.6. The molecule has 0 radical (unpaired) electrons. The third kappa shape index (κ3) is 6.46. The lowest BCUT2D eigenvalue weighted by atomic mass is 9.95. The standard InChI is InChI=1S/C22H33NO12/c1-10(26)23-15-17(28)20(35-22-19(30)18(29)16(27)13(7-24)33-22)14(8-25)34-21(15)32-9-11-3-5-12(31-2)6-4-11/h3-6,13-22,24-25,27-30H,7-9H2,1-2H3,(H,23,26)/t13-,14-,15-,16+,17-,18+,19-,20-,21+,22+/m1/s1. The quantitative estimate of drug-likeness (QED) is 0.180. The molecule has 2 fully saturated rings. The van der Waals surface area contributed by atoms with Gasteiger partial charge in [-0.15, -0.1) is 0 Å². The van der Waals surface area contributed by atoms with Crippen LogP contribution in [0.1, 0.15) is 12.5 Å². The highest BCUT2D eigenvalue weighted by molar-refractivity contribution is 5.73. The highest BCUT2D eigenvalue weighted by Gasteiger charge is 2.51. The molecule has 2 saturated heterocycles. The van der Waals surface area contributed by atoms with Gasteiger partial charge in [0.1, 0.15) is 54.5 Å². The summed E-state index contributed by atoms with van der Waals surface area (Å²) in [4.78, 5) is 11.8. The molecule has 7 N–H and O–H groups in total. The number of ether oxygens (including phenoxy) is 5. The van der Waals surface area contributed by atoms with E-state index in [2.05, 4.69) is 5.32 Å². The van der Waals surface area contributed by atoms with Gasteiger partial charge in [0.15, 0.2) is 12.6 Å². The van der Waals surface area contributed by atoms with Gasteiger partial charge in [-0.3, -0.25) is 4.79 Å². The van der Waals surface area contributed by atoms with Crippen molar-refractivity contribution in [2.24, 2.45) is 0 Å². The summed E-state index contributed by atoms with van der Waals surface area (Å²) >= 11 is 0. The number of hydrogen-bond acceptors (Lipinski definition) is 12. The Morgan fingerprint density at radius 1 is 0.914 bits per heavy atom. The van der Waals surface area contributed by atoms with Crippen LogP contribution in [0.4, 0.5) is 0 Å². The Bertz CT molecular complexity index is 808. The van der Waals surface area contributed by atoms with Crippen LogP contribution in [0.3, 0.4) is 0 Å². The largest absolute Gasteiger partial charge is 0.497 e. The average Bonchev–Trinajstić information content (AvgIpc) is 2.85. The van der Waals surface area contributed by atoms with Crippen LogP contribution in [0.5, 0.6) is 5.75 Å². The van der Waals surface area contributed by atoms with Gasteiger partial charge >= 0.3 is 0 Å². The lowest BCUT2D eigenvalue weighted by Gasteiger charge is -2.47. The molecule has 1 aromatic rings. The van der Waals surface area contributed by atoms with Crippen LogP contribution < -0.4 is 10.1 Å². The van der Waals surface area contributed by atoms with E-state index in [0.29, 0.717) is 5.75 Å². The van der Waals surface area contributed by atoms with Crippen molar-refractivity contribution in [3.63, 3.8) is 0 Å². The molecule has 1 aromatic carbocycles. The Labute approximate surface area is 201 Å². The molecule has 0 spiro atoms. The third-order valence-corrected chi connectivity index (χ3v) is 5.94. The fourth-order valence-corrected chi connectivity index (χ4v) is 4.00. The highest BCUT2D eigenvalue weighted by atomic mass is 16.7. The van der Waals surface area contributed by atoms with Gasteiger partial charge in [0.05, 0.1) is 26.9 Å². The van der Waals surface area contributed by atoms with Gasteiger partial charge in [-0.1, -0.05) is 12.1 Å². The molecule has 0 saturated carbocycles. The number of hydrogen-bond donors (Lipinski definition) is 7. The van der Waals surface area contributed by atoms with E-state index in [1.54, 1.807) is 31.4 Å². The van der Waals surface area contributed by atoms with Gasteiger partial charge in [-0.05, 0) is 17.7 Å². The minimum absolute atomic E-state index is 0.0495. The van der Waals surface area contributed by atoms with Gasteiger partial charge in [0, 0.05) is 6.92 Å². The predicted octanol–water partition coefficient (Wildman–Crippen LogP) is -3.02. The van der Waals surface area contributed by atoms with E-state index in [1.807, 2.05) is 0 Å². The van der Waals surface area contributed by atoms with Crippen LogP contribution in [0.2, 0.25) is 0 Å². The van der Waals surface area contributed by atoms with Crippen LogP contribution in [0, 0.1) is 0 Å². The monoisotopic (exact) mass is 503 g/mol. The Morgan fingerprint density at radius 2 is 1.54 bits per heavy atom. The van der Waals surface area contributed by atoms with Gasteiger partial charge in [-0.2, -0.15) is 0 Å². The number of carbonyl (C=O) groups is 1. The van der Waals surface area contributed by atoms with Crippen LogP contribution in [0.25, 0.3) is 0 Å². The van der Waals surface area contributed by atoms with Crippen LogP contribution in [-0.4, -0.2) is 118 Å². The summed E-state index contributed by atoms with van der Waals surface area (Å²) in [6, 6.07) is 5.87. The molecule has 0 unspecified atom stereocenters. The topological polar surface area (TPSA) is 197 Å². The van der Waals surface area contributed by atoms with Crippen molar-refractivity contribution in [3.8, 4) is 5.75 Å². The molecular weight excluding hydrogens is 470 g/mol. The minimum Gasteiger partial charge on any atom is -0.497 e. The van der Waals surface area contributed by atoms with Crippen molar-refractivity contribution in [2.75, 3.05) is 20.3 Å². The number of amides is 1. The van der Waals surface area contributed by atoms with Crippen molar-refractivity contribution in [1.29, 1.82) is 0 Å². The SMILES string of the molecule is COc1ccc(CO[C@H]2O[C@H](CO)[C@@H](O[C@@H]3O[C@H](CO)[C@H](O)[C@H](O)[C@H]3O)[C@H](O)[C@H]2NC(C)=O)cc1. The molecule has 13 heteroatoms. The first-order chi connectivity index (χ1) is 16.7. The Morgan fingerprint density at radius 3 is 2.11 bits per heavy atom. The smallest absolute Gasteiger partial charge is 0.217 e. The molecule has 0 aromatic heterocycles. The van der Waals surface area contributed by atoms with Crippen LogP contribution >= 0.6 is 0 Å². The fraction of sp³-hybridized carbons (Fsp3) is 0.682. The molecule has 35 heavy (non-hydrogen) atoms. The van der Waals surface area contributed by atoms with Crippen molar-refractivity contribution >= 4 is 5.91 Å². The average molecular weight is 504 g/mol. The molecule has 3 rings (SSSR count). The summed E-state index contributed by atoms with van der Waals surface area (Å²) in [6.45, 7) is -0.0191. The summed E-state index contributed by atoms with van der Waals surface area (Å²) in [5.74, 6) is 0.160. The molecule has 2 aliphatic rings. The van der Waals surface area contributed by atoms with E-state index in [9.17, 15) is 35.4 Å². The number of nitrogens with one attached hydrogen (secondary N) is 1. The minimum atomic E-state index is -1.73. The lowest BCUT2D eigenvalue weighted by Crippen LogP contribution is -2.67. The second kappa shape index (κ2) is 12.4. The van der Waals surface area contributed by atoms with Crippen molar-refractivity contribution in [3.05, 3.63) is 29.8 Å². The maximum atomic E-state index is 11.8. The number of aliphatic hydroxyl groups is 6. The Hall–Kier alpha value is -1.91. The third-order valence-electron chi connectivity index (χ3n) is 5.94. The van der Waals surface area contributed by atoms with E-state index < -0.39 is 80.5 Å². The highest BCUT2D eigenvalue weighted by Crippen LogP contribution is 2.30. The molecule has 1 amide bonds. The van der Waals surface area contributed by atoms with Crippen molar-refractivity contribution in [1.82, 2.24) is 5.32 Å². The first-order valence-electron chi connectivity index (χ1n) is 11.1. The number of aliphatic hydroxyl groups excluding tert-OH is 6. The molecular formula is C22H33NO12. The first-order valence-corrected chi connectivity index (χ1v) is 11.1. The first kappa shape index (κ1) is 27.7. The molecule has 13 nitrogen and oxygen atoms in total. The van der Waals surface area contributed by atoms with E-state index in [1.165, 1.54) is 6.92 Å². The molecule has 0 bridgehead atoms. The molecule has 0 aliphatic carbocycles. The maximum Gasteiger partial charge on any atom is 0.217 e. The van der Waals surface area contributed by atoms with Crippen LogP contribution in [-0.2, 0) is 30.3 Å². The zero-order chi connectivity index (χ0) is 25.7. The molecule has 2 aliphatic heterocycles. The summed E-state index contributed by atoms with van der Waals surface area (Å²) < 4.78 is 27.7. The zero-order valence-electron chi connectivity index (χ0n) is 19.3. The van der Waals surface area contributed by atoms with Gasteiger partial charge < -0.3 is 59.6 Å². The zero-order valence-corrected chi connectivity index (χ0v) is 19.3. The predicted molar refractivity (Wildman–Crippen MR) is 116 cm³/mol. The Balaban J connectivity index is 1.75. The molecule has 10 atom stereocenters. The van der Waals surface area contributed by atoms with Gasteiger partial charge in [0.25, 0.3) is 0 Å². The van der Waals surface area contributed by atoms with E-state index in [4.69, 9.17) is 23.7 Å². The van der Waals surface area contributed by atoms with E-state index >= 15 is 0 Å². The van der Waals surface area contributed by atoms with Crippen molar-refractivity contribution in [2.45, 2.75) is 74.9 Å². The Kier molecular flexibility index (Phi) is 9.77. The van der Waals surface area contributed by atoms with E-state index in [-0.39, 0.29) is 6.61 Å². The fourth-order valence-electron chi connectivity index (χ4n) is 4.00. The van der Waals surface area contributed by atoms with Crippen LogP contribution in [0.15, 0.2) is 24.3 Å². The lowest BCUT2D eigenvalue weighted by molar-refractivity contribution is -0.349. The van der Waals surface area contributed by atoms with E-state index in [0.717, 1.165) is 5.56 Å². The maximum absolute atomic E-state index is 11.8. The number of methoxy groups -OCH3 is 1.